The zero-order valence-corrected chi connectivity index (χ0v) is 25.1. The van der Waals surface area contributed by atoms with Crippen LogP contribution in [-0.2, 0) is 44.7 Å². The lowest BCUT2D eigenvalue weighted by atomic mass is 10.0. The molecule has 46 heavy (non-hydrogen) atoms. The van der Waals surface area contributed by atoms with Crippen LogP contribution in [0, 0.1) is 20.2 Å². The molecule has 2 amide bonds. The lowest BCUT2D eigenvalue weighted by Gasteiger charge is -2.30. The summed E-state index contributed by atoms with van der Waals surface area (Å²) in [5.41, 5.74) is 0.927. The third-order valence-corrected chi connectivity index (χ3v) is 6.80. The van der Waals surface area contributed by atoms with Crippen LogP contribution in [0.15, 0.2) is 30.3 Å². The fraction of sp³-hybridized carbons (Fsp3) is 0.630. The molecule has 0 radical (unpaired) electrons. The van der Waals surface area contributed by atoms with Crippen molar-refractivity contribution in [1.29, 1.82) is 0 Å². The van der Waals surface area contributed by atoms with Crippen molar-refractivity contribution in [3.8, 4) is 0 Å². The molecule has 1 aliphatic heterocycles. The normalized spacial score (nSPS) is 15.3. The summed E-state index contributed by atoms with van der Waals surface area (Å²) >= 11 is 0. The Morgan fingerprint density at radius 3 is 2.35 bits per heavy atom. The fourth-order valence-corrected chi connectivity index (χ4v) is 4.64. The van der Waals surface area contributed by atoms with Crippen LogP contribution in [0.3, 0.4) is 0 Å². The van der Waals surface area contributed by atoms with Crippen LogP contribution < -0.4 is 10.6 Å². The van der Waals surface area contributed by atoms with Gasteiger partial charge in [-0.15, -0.1) is 20.2 Å². The van der Waals surface area contributed by atoms with Crippen LogP contribution in [-0.4, -0.2) is 109 Å². The molecule has 3 unspecified atom stereocenters. The summed E-state index contributed by atoms with van der Waals surface area (Å²) in [6, 6.07) is 6.33. The van der Waals surface area contributed by atoms with E-state index in [0.717, 1.165) is 5.56 Å². The minimum atomic E-state index is -1.14. The maximum Gasteiger partial charge on any atom is 0.409 e. The second kappa shape index (κ2) is 21.0. The number of carboxylic acid groups (broad SMARTS) is 1. The standard InChI is InChI=1S/C27H39N5O14/c33-24(30-14-6-10-23(30)26(36)43-17-15-42-16-18-45-31(38)39)21(9-4-5-13-28-27(37)44-19-46-32(40)41)29-22(25(34)35)12-11-20-7-2-1-3-8-20/h1-3,7-8,21-23,29H,4-6,9-19H2,(H,28,37)(H,34,35). The molecule has 1 aromatic carbocycles. The topological polar surface area (TPSA) is 248 Å². The van der Waals surface area contributed by atoms with Crippen LogP contribution >= 0.6 is 0 Å². The molecule has 0 spiro atoms. The number of carbonyl (C=O) groups excluding carboxylic acids is 3. The Labute approximate surface area is 263 Å². The number of esters is 1. The number of likely N-dealkylation sites (tertiary alicyclic amines) is 1. The number of carboxylic acids is 1. The Kier molecular flexibility index (Phi) is 17.1. The molecule has 19 nitrogen and oxygen atoms in total. The van der Waals surface area contributed by atoms with Gasteiger partial charge in [0.2, 0.25) is 12.7 Å². The van der Waals surface area contributed by atoms with Crippen molar-refractivity contribution in [2.45, 2.75) is 63.1 Å². The van der Waals surface area contributed by atoms with Crippen molar-refractivity contribution in [1.82, 2.24) is 15.5 Å². The molecule has 0 aliphatic carbocycles. The Morgan fingerprint density at radius 2 is 1.65 bits per heavy atom. The molecule has 3 atom stereocenters. The molecule has 19 heteroatoms. The van der Waals surface area contributed by atoms with Gasteiger partial charge < -0.3 is 34.4 Å². The summed E-state index contributed by atoms with van der Waals surface area (Å²) in [6.45, 7) is -1.05. The predicted molar refractivity (Wildman–Crippen MR) is 154 cm³/mol. The summed E-state index contributed by atoms with van der Waals surface area (Å²) in [4.78, 5) is 80.1. The van der Waals surface area contributed by atoms with Crippen molar-refractivity contribution in [3.63, 3.8) is 0 Å². The van der Waals surface area contributed by atoms with E-state index in [-0.39, 0.29) is 52.4 Å². The highest BCUT2D eigenvalue weighted by Crippen LogP contribution is 2.21. The van der Waals surface area contributed by atoms with E-state index in [1.54, 1.807) is 0 Å². The van der Waals surface area contributed by atoms with Gasteiger partial charge in [-0.25, -0.2) is 9.59 Å². The molecular formula is C27H39N5O14. The number of unbranched alkanes of at least 4 members (excludes halogenated alkanes) is 1. The number of aryl methyl sites for hydroxylation is 1. The molecule has 1 fully saturated rings. The lowest BCUT2D eigenvalue weighted by molar-refractivity contribution is -0.765. The predicted octanol–water partition coefficient (Wildman–Crippen LogP) is 0.852. The second-order valence-corrected chi connectivity index (χ2v) is 9.99. The smallest absolute Gasteiger partial charge is 0.409 e. The summed E-state index contributed by atoms with van der Waals surface area (Å²) in [5.74, 6) is -2.27. The van der Waals surface area contributed by atoms with Crippen molar-refractivity contribution in [2.24, 2.45) is 0 Å². The number of aliphatic carboxylic acids is 1. The van der Waals surface area contributed by atoms with Crippen LogP contribution in [0.4, 0.5) is 4.79 Å². The average molecular weight is 658 g/mol. The van der Waals surface area contributed by atoms with E-state index in [9.17, 15) is 44.5 Å². The second-order valence-electron chi connectivity index (χ2n) is 9.99. The molecule has 2 rings (SSSR count). The molecule has 1 saturated heterocycles. The van der Waals surface area contributed by atoms with Crippen LogP contribution in [0.25, 0.3) is 0 Å². The molecule has 1 aliphatic rings. The van der Waals surface area contributed by atoms with Gasteiger partial charge in [-0.2, -0.15) is 0 Å². The number of nitrogens with one attached hydrogen (secondary N) is 2. The molecule has 256 valence electrons. The van der Waals surface area contributed by atoms with Crippen LogP contribution in [0.1, 0.15) is 44.1 Å². The van der Waals surface area contributed by atoms with Crippen molar-refractivity contribution in [2.75, 3.05) is 46.3 Å². The average Bonchev–Trinajstić information content (AvgIpc) is 3.51. The minimum absolute atomic E-state index is 0.0380. The maximum absolute atomic E-state index is 13.8. The van der Waals surface area contributed by atoms with Gasteiger partial charge >= 0.3 is 18.0 Å². The number of amides is 2. The number of ether oxygens (including phenoxy) is 3. The van der Waals surface area contributed by atoms with Crippen molar-refractivity contribution >= 4 is 23.9 Å². The summed E-state index contributed by atoms with van der Waals surface area (Å²) < 4.78 is 14.9. The van der Waals surface area contributed by atoms with Crippen LogP contribution in [0.5, 0.6) is 0 Å². The number of carbonyl (C=O) groups is 4. The highest BCUT2D eigenvalue weighted by atomic mass is 17.0. The highest BCUT2D eigenvalue weighted by molar-refractivity contribution is 5.88. The van der Waals surface area contributed by atoms with Gasteiger partial charge in [-0.1, -0.05) is 30.3 Å². The van der Waals surface area contributed by atoms with E-state index in [2.05, 4.69) is 25.0 Å². The Balaban J connectivity index is 1.98. The SMILES string of the molecule is O=C(NCCCCC(NC(CCc1ccccc1)C(=O)O)C(=O)N1CCCC1C(=O)OCCOCCO[N+](=O)[O-])OCO[N+](=O)[O-]. The summed E-state index contributed by atoms with van der Waals surface area (Å²) in [7, 11) is 0. The van der Waals surface area contributed by atoms with Gasteiger partial charge in [-0.3, -0.25) is 19.7 Å². The van der Waals surface area contributed by atoms with Gasteiger partial charge in [-0.05, 0) is 50.5 Å². The Morgan fingerprint density at radius 1 is 0.935 bits per heavy atom. The van der Waals surface area contributed by atoms with E-state index < -0.39 is 59.0 Å². The quantitative estimate of drug-likeness (QED) is 0.0485. The van der Waals surface area contributed by atoms with E-state index in [1.807, 2.05) is 30.3 Å². The zero-order chi connectivity index (χ0) is 33.7. The highest BCUT2D eigenvalue weighted by Gasteiger charge is 2.39. The summed E-state index contributed by atoms with van der Waals surface area (Å²) in [6.07, 6.45) is 1.46. The van der Waals surface area contributed by atoms with E-state index in [4.69, 9.17) is 9.47 Å². The zero-order valence-electron chi connectivity index (χ0n) is 25.1. The van der Waals surface area contributed by atoms with Crippen molar-refractivity contribution < 1.29 is 58.3 Å². The minimum Gasteiger partial charge on any atom is -0.480 e. The number of nitrogens with zero attached hydrogens (tertiary/aromatic N) is 3. The first-order valence-electron chi connectivity index (χ1n) is 14.6. The van der Waals surface area contributed by atoms with E-state index >= 15 is 0 Å². The fourth-order valence-electron chi connectivity index (χ4n) is 4.64. The lowest BCUT2D eigenvalue weighted by Crippen LogP contribution is -2.54. The third-order valence-electron chi connectivity index (χ3n) is 6.80. The number of rotatable bonds is 23. The molecule has 1 aromatic rings. The monoisotopic (exact) mass is 657 g/mol. The van der Waals surface area contributed by atoms with Gasteiger partial charge in [0, 0.05) is 13.1 Å². The van der Waals surface area contributed by atoms with E-state index in [1.165, 1.54) is 4.90 Å². The van der Waals surface area contributed by atoms with Gasteiger partial charge in [0.15, 0.2) is 0 Å². The number of alkyl carbamates (subject to hydrolysis) is 1. The maximum atomic E-state index is 13.8. The Bertz CT molecular complexity index is 1140. The molecule has 0 aromatic heterocycles. The third kappa shape index (κ3) is 14.8. The number of hydrogen-bond donors (Lipinski definition) is 3. The molecular weight excluding hydrogens is 618 g/mol. The first-order valence-corrected chi connectivity index (χ1v) is 14.6. The largest absolute Gasteiger partial charge is 0.480 e. The Hall–Kier alpha value is -4.78. The molecule has 3 N–H and O–H groups in total. The first kappa shape index (κ1) is 37.4. The number of benzene rings is 1. The van der Waals surface area contributed by atoms with Crippen molar-refractivity contribution in [3.05, 3.63) is 56.1 Å². The van der Waals surface area contributed by atoms with Crippen LogP contribution in [0.2, 0.25) is 0 Å². The first-order chi connectivity index (χ1) is 22.1. The number of hydrogen-bond acceptors (Lipinski definition) is 14. The van der Waals surface area contributed by atoms with Gasteiger partial charge in [0.05, 0.1) is 19.3 Å². The van der Waals surface area contributed by atoms with E-state index in [0.29, 0.717) is 32.1 Å². The van der Waals surface area contributed by atoms with Gasteiger partial charge in [0.25, 0.3) is 10.2 Å². The molecule has 1 heterocycles. The van der Waals surface area contributed by atoms with Gasteiger partial charge in [0.1, 0.15) is 25.3 Å². The molecule has 0 bridgehead atoms. The molecule has 0 saturated carbocycles. The summed E-state index contributed by atoms with van der Waals surface area (Å²) in [5, 5.41) is 33.5.